The van der Waals surface area contributed by atoms with Gasteiger partial charge in [-0.05, 0) is 24.3 Å². The average Bonchev–Trinajstić information content (AvgIpc) is 2.53. The van der Waals surface area contributed by atoms with Crippen molar-refractivity contribution >= 4 is 10.0 Å². The van der Waals surface area contributed by atoms with Gasteiger partial charge in [0.15, 0.2) is 0 Å². The van der Waals surface area contributed by atoms with Crippen molar-refractivity contribution in [2.75, 3.05) is 32.8 Å². The molecular weight excluding hydrogens is 292 g/mol. The fraction of sp³-hybridized carbons (Fsp3) is 0.429. The zero-order valence-corrected chi connectivity index (χ0v) is 12.3. The number of rotatable bonds is 3. The Balaban J connectivity index is 2.19. The van der Waals surface area contributed by atoms with Crippen LogP contribution >= 0.6 is 0 Å². The van der Waals surface area contributed by atoms with Crippen LogP contribution in [0.15, 0.2) is 29.2 Å². The molecule has 1 aromatic rings. The topological polar surface area (TPSA) is 92.9 Å². The monoisotopic (exact) mass is 310 g/mol. The molecule has 0 amide bonds. The van der Waals surface area contributed by atoms with Crippen LogP contribution in [0.5, 0.6) is 0 Å². The first-order valence-electron chi connectivity index (χ1n) is 6.59. The Morgan fingerprint density at radius 1 is 1.38 bits per heavy atom. The van der Waals surface area contributed by atoms with Crippen LogP contribution in [0, 0.1) is 11.8 Å². The molecule has 1 fully saturated rings. The third kappa shape index (κ3) is 3.81. The number of nitrogens with two attached hydrogens (primary N) is 1. The summed E-state index contributed by atoms with van der Waals surface area (Å²) in [5.41, 5.74) is 6.01. The van der Waals surface area contributed by atoms with Gasteiger partial charge in [0.2, 0.25) is 10.0 Å². The molecule has 0 aromatic heterocycles. The first kappa shape index (κ1) is 15.9. The number of hydrogen-bond donors (Lipinski definition) is 2. The number of nitrogens with zero attached hydrogens (tertiary/aromatic N) is 1. The number of morpholine rings is 1. The van der Waals surface area contributed by atoms with E-state index in [1.54, 1.807) is 12.1 Å². The van der Waals surface area contributed by atoms with Crippen molar-refractivity contribution in [2.45, 2.75) is 11.0 Å². The van der Waals surface area contributed by atoms with Gasteiger partial charge in [0, 0.05) is 18.7 Å². The minimum atomic E-state index is -3.57. The van der Waals surface area contributed by atoms with Gasteiger partial charge in [0.05, 0.1) is 30.8 Å². The lowest BCUT2D eigenvalue weighted by Gasteiger charge is -2.31. The minimum Gasteiger partial charge on any atom is -0.394 e. The molecule has 0 spiro atoms. The SMILES string of the molecule is NCC#Cc1ccc(S(=O)(=O)N2CCOC(CO)C2)cc1. The molecule has 0 aliphatic carbocycles. The molecule has 0 bridgehead atoms. The van der Waals surface area contributed by atoms with Crippen molar-refractivity contribution in [3.8, 4) is 11.8 Å². The number of aliphatic hydroxyl groups is 1. The summed E-state index contributed by atoms with van der Waals surface area (Å²) in [6, 6.07) is 6.36. The van der Waals surface area contributed by atoms with Crippen LogP contribution in [-0.4, -0.2) is 56.8 Å². The summed E-state index contributed by atoms with van der Waals surface area (Å²) in [6.07, 6.45) is -0.469. The molecule has 0 saturated carbocycles. The maximum atomic E-state index is 12.5. The standard InChI is InChI=1S/C14H18N2O4S/c15-7-1-2-12-3-5-14(6-4-12)21(18,19)16-8-9-20-13(10-16)11-17/h3-6,13,17H,7-11,15H2. The van der Waals surface area contributed by atoms with E-state index in [2.05, 4.69) is 11.8 Å². The quantitative estimate of drug-likeness (QED) is 0.726. The predicted molar refractivity (Wildman–Crippen MR) is 78.0 cm³/mol. The highest BCUT2D eigenvalue weighted by Gasteiger charge is 2.30. The van der Waals surface area contributed by atoms with Gasteiger partial charge in [-0.15, -0.1) is 0 Å². The second kappa shape index (κ2) is 7.02. The fourth-order valence-electron chi connectivity index (χ4n) is 2.03. The molecule has 1 saturated heterocycles. The van der Waals surface area contributed by atoms with Gasteiger partial charge in [-0.25, -0.2) is 8.42 Å². The summed E-state index contributed by atoms with van der Waals surface area (Å²) in [6.45, 7) is 0.793. The second-order valence-corrected chi connectivity index (χ2v) is 6.51. The van der Waals surface area contributed by atoms with Crippen LogP contribution in [0.2, 0.25) is 0 Å². The van der Waals surface area contributed by atoms with E-state index in [1.807, 2.05) is 0 Å². The first-order valence-corrected chi connectivity index (χ1v) is 8.03. The first-order chi connectivity index (χ1) is 10.1. The fourth-order valence-corrected chi connectivity index (χ4v) is 3.49. The van der Waals surface area contributed by atoms with Crippen molar-refractivity contribution < 1.29 is 18.3 Å². The van der Waals surface area contributed by atoms with Crippen molar-refractivity contribution in [1.29, 1.82) is 0 Å². The van der Waals surface area contributed by atoms with Gasteiger partial charge >= 0.3 is 0 Å². The van der Waals surface area contributed by atoms with Gasteiger partial charge in [0.25, 0.3) is 0 Å². The van der Waals surface area contributed by atoms with Crippen molar-refractivity contribution in [3.63, 3.8) is 0 Å². The zero-order chi connectivity index (χ0) is 15.3. The van der Waals surface area contributed by atoms with Crippen LogP contribution in [-0.2, 0) is 14.8 Å². The molecule has 1 aliphatic heterocycles. The lowest BCUT2D eigenvalue weighted by Crippen LogP contribution is -2.46. The molecule has 7 heteroatoms. The molecule has 3 N–H and O–H groups in total. The maximum absolute atomic E-state index is 12.5. The molecule has 21 heavy (non-hydrogen) atoms. The summed E-state index contributed by atoms with van der Waals surface area (Å²) in [7, 11) is -3.57. The molecule has 114 valence electrons. The number of ether oxygens (including phenoxy) is 1. The summed E-state index contributed by atoms with van der Waals surface area (Å²) in [5.74, 6) is 5.56. The van der Waals surface area contributed by atoms with E-state index in [-0.39, 0.29) is 37.7 Å². The molecule has 1 aromatic carbocycles. The number of hydrogen-bond acceptors (Lipinski definition) is 5. The van der Waals surface area contributed by atoms with E-state index in [1.165, 1.54) is 16.4 Å². The number of sulfonamides is 1. The van der Waals surface area contributed by atoms with Crippen LogP contribution in [0.1, 0.15) is 5.56 Å². The molecular formula is C14H18N2O4S. The summed E-state index contributed by atoms with van der Waals surface area (Å²) in [4.78, 5) is 0.208. The third-order valence-electron chi connectivity index (χ3n) is 3.13. The summed E-state index contributed by atoms with van der Waals surface area (Å²) >= 11 is 0. The predicted octanol–water partition coefficient (Wildman–Crippen LogP) is -0.621. The average molecular weight is 310 g/mol. The molecule has 2 rings (SSSR count). The highest BCUT2D eigenvalue weighted by Crippen LogP contribution is 2.19. The third-order valence-corrected chi connectivity index (χ3v) is 5.01. The van der Waals surface area contributed by atoms with E-state index in [0.717, 1.165) is 5.56 Å². The molecule has 1 atom stereocenters. The van der Waals surface area contributed by atoms with Crippen LogP contribution in [0.4, 0.5) is 0 Å². The van der Waals surface area contributed by atoms with E-state index < -0.39 is 16.1 Å². The van der Waals surface area contributed by atoms with Gasteiger partial charge in [-0.1, -0.05) is 11.8 Å². The minimum absolute atomic E-state index is 0.160. The number of aliphatic hydroxyl groups excluding tert-OH is 1. The Morgan fingerprint density at radius 3 is 2.71 bits per heavy atom. The Bertz CT molecular complexity index is 631. The molecule has 1 aliphatic rings. The zero-order valence-electron chi connectivity index (χ0n) is 11.5. The van der Waals surface area contributed by atoms with Crippen molar-refractivity contribution in [2.24, 2.45) is 5.73 Å². The van der Waals surface area contributed by atoms with Crippen LogP contribution in [0.3, 0.4) is 0 Å². The largest absolute Gasteiger partial charge is 0.394 e. The van der Waals surface area contributed by atoms with Gasteiger partial charge in [-0.3, -0.25) is 0 Å². The van der Waals surface area contributed by atoms with E-state index in [9.17, 15) is 8.42 Å². The lowest BCUT2D eigenvalue weighted by atomic mass is 10.2. The van der Waals surface area contributed by atoms with E-state index >= 15 is 0 Å². The molecule has 6 nitrogen and oxygen atoms in total. The molecule has 1 unspecified atom stereocenters. The van der Waals surface area contributed by atoms with Crippen molar-refractivity contribution in [1.82, 2.24) is 4.31 Å². The second-order valence-electron chi connectivity index (χ2n) is 4.57. The highest BCUT2D eigenvalue weighted by molar-refractivity contribution is 7.89. The normalized spacial score (nSPS) is 19.8. The summed E-state index contributed by atoms with van der Waals surface area (Å²) in [5, 5.41) is 9.09. The Labute approximate surface area is 124 Å². The van der Waals surface area contributed by atoms with Crippen molar-refractivity contribution in [3.05, 3.63) is 29.8 Å². The van der Waals surface area contributed by atoms with Gasteiger partial charge < -0.3 is 15.6 Å². The Morgan fingerprint density at radius 2 is 2.10 bits per heavy atom. The van der Waals surface area contributed by atoms with Crippen LogP contribution < -0.4 is 5.73 Å². The highest BCUT2D eigenvalue weighted by atomic mass is 32.2. The Kier molecular flexibility index (Phi) is 5.33. The smallest absolute Gasteiger partial charge is 0.243 e. The maximum Gasteiger partial charge on any atom is 0.243 e. The van der Waals surface area contributed by atoms with E-state index in [4.69, 9.17) is 15.6 Å². The molecule has 1 heterocycles. The van der Waals surface area contributed by atoms with Gasteiger partial charge in [-0.2, -0.15) is 4.31 Å². The van der Waals surface area contributed by atoms with Crippen LogP contribution in [0.25, 0.3) is 0 Å². The Hall–Kier alpha value is -1.43. The molecule has 0 radical (unpaired) electrons. The summed E-state index contributed by atoms with van der Waals surface area (Å²) < 4.78 is 31.6. The van der Waals surface area contributed by atoms with E-state index in [0.29, 0.717) is 0 Å². The lowest BCUT2D eigenvalue weighted by molar-refractivity contribution is -0.0304. The van der Waals surface area contributed by atoms with Gasteiger partial charge in [0.1, 0.15) is 0 Å². The number of benzene rings is 1.